The predicted molar refractivity (Wildman–Crippen MR) is 92.2 cm³/mol. The van der Waals surface area contributed by atoms with E-state index in [2.05, 4.69) is 10.3 Å². The van der Waals surface area contributed by atoms with Crippen LogP contribution >= 0.6 is 0 Å². The van der Waals surface area contributed by atoms with Crippen LogP contribution in [0.1, 0.15) is 49.0 Å². The normalized spacial score (nSPS) is 10.7. The van der Waals surface area contributed by atoms with Gasteiger partial charge in [-0.25, -0.2) is 0 Å². The van der Waals surface area contributed by atoms with Crippen LogP contribution in [0.5, 0.6) is 0 Å². The smallest absolute Gasteiger partial charge is 0.303 e. The van der Waals surface area contributed by atoms with E-state index in [1.54, 1.807) is 24.3 Å². The highest BCUT2D eigenvalue weighted by atomic mass is 16.4. The first-order valence-electron chi connectivity index (χ1n) is 8.20. The maximum atomic E-state index is 12.1. The van der Waals surface area contributed by atoms with E-state index in [0.717, 1.165) is 31.1 Å². The SMILES string of the molecule is O=C(O)CCCCCCCNC(=O)c1cc2ccccc2c(=O)[nH]1. The summed E-state index contributed by atoms with van der Waals surface area (Å²) in [6.07, 6.45) is 4.52. The number of fused-ring (bicyclic) bond motifs is 1. The van der Waals surface area contributed by atoms with Gasteiger partial charge < -0.3 is 15.4 Å². The number of amides is 1. The number of rotatable bonds is 9. The minimum atomic E-state index is -0.758. The van der Waals surface area contributed by atoms with E-state index in [0.29, 0.717) is 18.4 Å². The van der Waals surface area contributed by atoms with Crippen molar-refractivity contribution in [1.82, 2.24) is 10.3 Å². The second-order valence-corrected chi connectivity index (χ2v) is 5.77. The van der Waals surface area contributed by atoms with Gasteiger partial charge in [0.25, 0.3) is 11.5 Å². The van der Waals surface area contributed by atoms with Gasteiger partial charge in [-0.2, -0.15) is 0 Å². The fourth-order valence-corrected chi connectivity index (χ4v) is 2.56. The van der Waals surface area contributed by atoms with Gasteiger partial charge in [-0.1, -0.05) is 37.5 Å². The van der Waals surface area contributed by atoms with Gasteiger partial charge in [0.1, 0.15) is 5.69 Å². The fraction of sp³-hybridized carbons (Fsp3) is 0.389. The van der Waals surface area contributed by atoms with E-state index in [-0.39, 0.29) is 23.6 Å². The molecular formula is C18H22N2O4. The van der Waals surface area contributed by atoms with Crippen LogP contribution in [-0.2, 0) is 4.79 Å². The summed E-state index contributed by atoms with van der Waals surface area (Å²) in [5.74, 6) is -1.05. The molecule has 0 atom stereocenters. The number of aromatic amines is 1. The number of unbranched alkanes of at least 4 members (excludes halogenated alkanes) is 4. The number of carbonyl (C=O) groups excluding carboxylic acids is 1. The number of carboxylic acids is 1. The van der Waals surface area contributed by atoms with Crippen LogP contribution in [0.2, 0.25) is 0 Å². The molecule has 0 saturated heterocycles. The summed E-state index contributed by atoms with van der Waals surface area (Å²) in [5, 5.41) is 12.6. The predicted octanol–water partition coefficient (Wildman–Crippen LogP) is 2.68. The number of benzene rings is 1. The average Bonchev–Trinajstić information content (AvgIpc) is 2.56. The van der Waals surface area contributed by atoms with Crippen molar-refractivity contribution in [2.75, 3.05) is 6.54 Å². The van der Waals surface area contributed by atoms with Crippen molar-refractivity contribution in [3.8, 4) is 0 Å². The Hall–Kier alpha value is -2.63. The summed E-state index contributed by atoms with van der Waals surface area (Å²) in [6.45, 7) is 0.534. The van der Waals surface area contributed by atoms with Crippen LogP contribution < -0.4 is 10.9 Å². The van der Waals surface area contributed by atoms with Crippen molar-refractivity contribution < 1.29 is 14.7 Å². The minimum absolute atomic E-state index is 0.214. The zero-order valence-corrected chi connectivity index (χ0v) is 13.5. The van der Waals surface area contributed by atoms with Crippen LogP contribution in [0.4, 0.5) is 0 Å². The Bertz CT molecular complexity index is 767. The Labute approximate surface area is 139 Å². The van der Waals surface area contributed by atoms with Gasteiger partial charge in [-0.15, -0.1) is 0 Å². The second kappa shape index (κ2) is 8.86. The third-order valence-electron chi connectivity index (χ3n) is 3.85. The van der Waals surface area contributed by atoms with E-state index in [4.69, 9.17) is 5.11 Å². The number of carbonyl (C=O) groups is 2. The second-order valence-electron chi connectivity index (χ2n) is 5.77. The Morgan fingerprint density at radius 3 is 2.54 bits per heavy atom. The minimum Gasteiger partial charge on any atom is -0.481 e. The maximum Gasteiger partial charge on any atom is 0.303 e. The molecule has 0 bridgehead atoms. The molecule has 1 amide bonds. The topological polar surface area (TPSA) is 99.3 Å². The number of aliphatic carboxylic acids is 1. The molecule has 0 aliphatic heterocycles. The molecule has 2 rings (SSSR count). The number of hydrogen-bond donors (Lipinski definition) is 3. The van der Waals surface area contributed by atoms with Crippen molar-refractivity contribution >= 4 is 22.6 Å². The van der Waals surface area contributed by atoms with Crippen molar-refractivity contribution in [2.24, 2.45) is 0 Å². The molecule has 1 aromatic heterocycles. The first kappa shape index (κ1) is 17.7. The monoisotopic (exact) mass is 330 g/mol. The van der Waals surface area contributed by atoms with E-state index < -0.39 is 5.97 Å². The van der Waals surface area contributed by atoms with Gasteiger partial charge in [-0.05, 0) is 30.4 Å². The number of aromatic nitrogens is 1. The Morgan fingerprint density at radius 2 is 1.75 bits per heavy atom. The third-order valence-corrected chi connectivity index (χ3v) is 3.85. The molecule has 128 valence electrons. The van der Waals surface area contributed by atoms with E-state index >= 15 is 0 Å². The van der Waals surface area contributed by atoms with Crippen LogP contribution in [0.3, 0.4) is 0 Å². The maximum absolute atomic E-state index is 12.1. The number of pyridine rings is 1. The van der Waals surface area contributed by atoms with Crippen molar-refractivity contribution in [3.63, 3.8) is 0 Å². The molecule has 0 saturated carbocycles. The van der Waals surface area contributed by atoms with Gasteiger partial charge >= 0.3 is 5.97 Å². The van der Waals surface area contributed by atoms with Gasteiger partial charge in [0.2, 0.25) is 0 Å². The lowest BCUT2D eigenvalue weighted by Gasteiger charge is -2.06. The van der Waals surface area contributed by atoms with Crippen molar-refractivity contribution in [2.45, 2.75) is 38.5 Å². The van der Waals surface area contributed by atoms with Crippen LogP contribution in [0, 0.1) is 0 Å². The molecule has 6 nitrogen and oxygen atoms in total. The lowest BCUT2D eigenvalue weighted by molar-refractivity contribution is -0.137. The summed E-state index contributed by atoms with van der Waals surface area (Å²) < 4.78 is 0. The van der Waals surface area contributed by atoms with E-state index in [1.165, 1.54) is 0 Å². The first-order valence-corrected chi connectivity index (χ1v) is 8.20. The Balaban J connectivity index is 1.75. The zero-order valence-electron chi connectivity index (χ0n) is 13.5. The van der Waals surface area contributed by atoms with Gasteiger partial charge in [-0.3, -0.25) is 14.4 Å². The molecule has 0 fully saturated rings. The van der Waals surface area contributed by atoms with Crippen molar-refractivity contribution in [1.29, 1.82) is 0 Å². The summed E-state index contributed by atoms with van der Waals surface area (Å²) in [4.78, 5) is 37.0. The molecule has 6 heteroatoms. The molecule has 0 aliphatic carbocycles. The summed E-state index contributed by atoms with van der Waals surface area (Å²) in [7, 11) is 0. The molecular weight excluding hydrogens is 308 g/mol. The molecule has 0 aliphatic rings. The highest BCUT2D eigenvalue weighted by molar-refractivity contribution is 5.96. The van der Waals surface area contributed by atoms with E-state index in [9.17, 15) is 14.4 Å². The quantitative estimate of drug-likeness (QED) is 0.615. The molecule has 0 unspecified atom stereocenters. The highest BCUT2D eigenvalue weighted by Crippen LogP contribution is 2.10. The number of hydrogen-bond acceptors (Lipinski definition) is 3. The van der Waals surface area contributed by atoms with Crippen LogP contribution in [-0.4, -0.2) is 28.5 Å². The average molecular weight is 330 g/mol. The Morgan fingerprint density at radius 1 is 1.04 bits per heavy atom. The molecule has 24 heavy (non-hydrogen) atoms. The van der Waals surface area contributed by atoms with Gasteiger partial charge in [0.05, 0.1) is 0 Å². The molecule has 0 radical (unpaired) electrons. The number of carboxylic acid groups (broad SMARTS) is 1. The third kappa shape index (κ3) is 5.22. The molecule has 3 N–H and O–H groups in total. The highest BCUT2D eigenvalue weighted by Gasteiger charge is 2.08. The number of nitrogens with one attached hydrogen (secondary N) is 2. The molecule has 0 spiro atoms. The molecule has 1 heterocycles. The zero-order chi connectivity index (χ0) is 17.4. The fourth-order valence-electron chi connectivity index (χ4n) is 2.56. The van der Waals surface area contributed by atoms with Crippen LogP contribution in [0.25, 0.3) is 10.8 Å². The lowest BCUT2D eigenvalue weighted by Crippen LogP contribution is -2.27. The summed E-state index contributed by atoms with van der Waals surface area (Å²) >= 11 is 0. The largest absolute Gasteiger partial charge is 0.481 e. The summed E-state index contributed by atoms with van der Waals surface area (Å²) in [6, 6.07) is 8.82. The van der Waals surface area contributed by atoms with Gasteiger partial charge in [0, 0.05) is 18.4 Å². The first-order chi connectivity index (χ1) is 11.6. The van der Waals surface area contributed by atoms with Crippen molar-refractivity contribution in [3.05, 3.63) is 46.4 Å². The Kier molecular flexibility index (Phi) is 6.54. The van der Waals surface area contributed by atoms with Crippen LogP contribution in [0.15, 0.2) is 35.1 Å². The van der Waals surface area contributed by atoms with E-state index in [1.807, 2.05) is 6.07 Å². The van der Waals surface area contributed by atoms with Gasteiger partial charge in [0.15, 0.2) is 0 Å². The standard InChI is InChI=1S/C18H22N2O4/c21-16(22)10-4-2-1-3-7-11-19-18(24)15-12-13-8-5-6-9-14(13)17(23)20-15/h5-6,8-9,12H,1-4,7,10-11H2,(H,19,24)(H,20,23)(H,21,22). The molecule has 2 aromatic rings. The molecule has 1 aromatic carbocycles. The number of H-pyrrole nitrogens is 1. The summed E-state index contributed by atoms with van der Waals surface area (Å²) in [5.41, 5.74) is -0.00293. The lowest BCUT2D eigenvalue weighted by atomic mass is 10.1.